The molecule has 2 N–H and O–H groups in total. The standard InChI is InChI=1S/C16H17N3O5S/c1-2-23-15(22)8-11-10-25-16(18-11)19-14(21)9-17-13(20)6-5-12-4-3-7-24-12/h3-7,10H,2,8-9H2,1H3,(H,17,20)(H,18,19,21)/b6-5-. The number of nitrogens with zero attached hydrogens (tertiary/aromatic N) is 1. The number of anilines is 1. The van der Waals surface area contributed by atoms with Crippen molar-refractivity contribution in [3.05, 3.63) is 41.3 Å². The molecule has 0 bridgehead atoms. The number of hydrogen-bond donors (Lipinski definition) is 2. The van der Waals surface area contributed by atoms with Gasteiger partial charge in [-0.1, -0.05) is 0 Å². The normalized spacial score (nSPS) is 10.6. The van der Waals surface area contributed by atoms with E-state index in [0.717, 1.165) is 0 Å². The predicted molar refractivity (Wildman–Crippen MR) is 91.8 cm³/mol. The smallest absolute Gasteiger partial charge is 0.311 e. The van der Waals surface area contributed by atoms with Crippen LogP contribution in [0.4, 0.5) is 5.13 Å². The number of nitrogens with one attached hydrogen (secondary N) is 2. The number of aromatic nitrogens is 1. The highest BCUT2D eigenvalue weighted by Crippen LogP contribution is 2.15. The second kappa shape index (κ2) is 9.38. The van der Waals surface area contributed by atoms with Crippen LogP contribution in [0.5, 0.6) is 0 Å². The first-order valence-corrected chi connectivity index (χ1v) is 8.34. The number of thiazole rings is 1. The summed E-state index contributed by atoms with van der Waals surface area (Å²) in [7, 11) is 0. The molecule has 132 valence electrons. The van der Waals surface area contributed by atoms with Crippen molar-refractivity contribution in [2.24, 2.45) is 0 Å². The SMILES string of the molecule is CCOC(=O)Cc1csc(NC(=O)CNC(=O)/C=C\c2ccco2)n1. The van der Waals surface area contributed by atoms with Crippen LogP contribution < -0.4 is 10.6 Å². The molecule has 0 saturated heterocycles. The fraction of sp³-hybridized carbons (Fsp3) is 0.250. The van der Waals surface area contributed by atoms with Crippen molar-refractivity contribution >= 4 is 40.3 Å². The molecule has 9 heteroatoms. The van der Waals surface area contributed by atoms with Crippen LogP contribution in [-0.2, 0) is 25.5 Å². The predicted octanol–water partition coefficient (Wildman–Crippen LogP) is 1.61. The summed E-state index contributed by atoms with van der Waals surface area (Å²) in [4.78, 5) is 38.9. The van der Waals surface area contributed by atoms with E-state index < -0.39 is 11.8 Å². The molecule has 0 fully saturated rings. The van der Waals surface area contributed by atoms with E-state index in [1.54, 1.807) is 24.4 Å². The van der Waals surface area contributed by atoms with E-state index in [1.165, 1.54) is 29.8 Å². The Morgan fingerprint density at radius 2 is 2.24 bits per heavy atom. The number of carbonyl (C=O) groups excluding carboxylic acids is 3. The largest absolute Gasteiger partial charge is 0.466 e. The Hall–Kier alpha value is -2.94. The molecule has 0 aliphatic carbocycles. The highest BCUT2D eigenvalue weighted by Gasteiger charge is 2.10. The third kappa shape index (κ3) is 6.60. The molecule has 2 rings (SSSR count). The van der Waals surface area contributed by atoms with Crippen molar-refractivity contribution in [2.75, 3.05) is 18.5 Å². The highest BCUT2D eigenvalue weighted by atomic mass is 32.1. The summed E-state index contributed by atoms with van der Waals surface area (Å²) in [6.45, 7) is 1.83. The Bertz CT molecular complexity index is 752. The first-order chi connectivity index (χ1) is 12.1. The lowest BCUT2D eigenvalue weighted by atomic mass is 10.3. The summed E-state index contributed by atoms with van der Waals surface area (Å²) in [6.07, 6.45) is 4.31. The molecule has 2 aromatic heterocycles. The molecule has 25 heavy (non-hydrogen) atoms. The molecule has 0 saturated carbocycles. The van der Waals surface area contributed by atoms with Gasteiger partial charge in [-0.25, -0.2) is 4.98 Å². The van der Waals surface area contributed by atoms with Crippen LogP contribution in [0.25, 0.3) is 6.08 Å². The Morgan fingerprint density at radius 3 is 2.96 bits per heavy atom. The van der Waals surface area contributed by atoms with Gasteiger partial charge < -0.3 is 19.8 Å². The molecular formula is C16H17N3O5S. The van der Waals surface area contributed by atoms with Crippen molar-refractivity contribution in [1.29, 1.82) is 0 Å². The van der Waals surface area contributed by atoms with Crippen LogP contribution in [0.2, 0.25) is 0 Å². The summed E-state index contributed by atoms with van der Waals surface area (Å²) in [5, 5.41) is 7.01. The Morgan fingerprint density at radius 1 is 1.40 bits per heavy atom. The minimum absolute atomic E-state index is 0.0501. The fourth-order valence-electron chi connectivity index (χ4n) is 1.74. The third-order valence-corrected chi connectivity index (χ3v) is 3.60. The van der Waals surface area contributed by atoms with E-state index in [1.807, 2.05) is 0 Å². The second-order valence-electron chi connectivity index (χ2n) is 4.74. The maximum atomic E-state index is 11.8. The molecule has 0 aliphatic heterocycles. The van der Waals surface area contributed by atoms with Gasteiger partial charge in [0.05, 0.1) is 31.5 Å². The minimum Gasteiger partial charge on any atom is -0.466 e. The number of furan rings is 1. The van der Waals surface area contributed by atoms with E-state index in [9.17, 15) is 14.4 Å². The third-order valence-electron chi connectivity index (χ3n) is 2.79. The minimum atomic E-state index is -0.423. The maximum absolute atomic E-state index is 11.8. The van der Waals surface area contributed by atoms with Gasteiger partial charge in [0.2, 0.25) is 11.8 Å². The lowest BCUT2D eigenvalue weighted by Gasteiger charge is -2.02. The van der Waals surface area contributed by atoms with Crippen molar-refractivity contribution in [3.8, 4) is 0 Å². The van der Waals surface area contributed by atoms with E-state index in [0.29, 0.717) is 23.2 Å². The van der Waals surface area contributed by atoms with Gasteiger partial charge >= 0.3 is 5.97 Å². The summed E-state index contributed by atoms with van der Waals surface area (Å²) in [5.74, 6) is -0.678. The number of amides is 2. The monoisotopic (exact) mass is 363 g/mol. The van der Waals surface area contributed by atoms with E-state index >= 15 is 0 Å². The maximum Gasteiger partial charge on any atom is 0.311 e. The van der Waals surface area contributed by atoms with Gasteiger partial charge in [0.1, 0.15) is 5.76 Å². The topological polar surface area (TPSA) is 111 Å². The van der Waals surface area contributed by atoms with Crippen LogP contribution in [-0.4, -0.2) is 35.9 Å². The number of rotatable bonds is 8. The zero-order valence-corrected chi connectivity index (χ0v) is 14.3. The van der Waals surface area contributed by atoms with Crippen molar-refractivity contribution in [2.45, 2.75) is 13.3 Å². The number of ether oxygens (including phenoxy) is 1. The first kappa shape index (κ1) is 18.4. The van der Waals surface area contributed by atoms with Crippen LogP contribution in [0.3, 0.4) is 0 Å². The average molecular weight is 363 g/mol. The molecule has 0 unspecified atom stereocenters. The van der Waals surface area contributed by atoms with Crippen LogP contribution in [0.1, 0.15) is 18.4 Å². The fourth-order valence-corrected chi connectivity index (χ4v) is 2.47. The summed E-state index contributed by atoms with van der Waals surface area (Å²) in [6, 6.07) is 3.40. The lowest BCUT2D eigenvalue weighted by Crippen LogP contribution is -2.31. The van der Waals surface area contributed by atoms with Gasteiger partial charge in [-0.15, -0.1) is 11.3 Å². The van der Waals surface area contributed by atoms with Gasteiger partial charge in [0.25, 0.3) is 0 Å². The highest BCUT2D eigenvalue weighted by molar-refractivity contribution is 7.13. The quantitative estimate of drug-likeness (QED) is 0.544. The van der Waals surface area contributed by atoms with Gasteiger partial charge in [0, 0.05) is 11.5 Å². The molecule has 0 atom stereocenters. The number of carbonyl (C=O) groups is 3. The molecule has 0 spiro atoms. The van der Waals surface area contributed by atoms with Gasteiger partial charge in [-0.3, -0.25) is 14.4 Å². The zero-order valence-electron chi connectivity index (χ0n) is 13.5. The summed E-state index contributed by atoms with van der Waals surface area (Å²) >= 11 is 1.19. The molecule has 2 heterocycles. The Kier molecular flexibility index (Phi) is 6.90. The summed E-state index contributed by atoms with van der Waals surface area (Å²) < 4.78 is 9.88. The average Bonchev–Trinajstić information content (AvgIpc) is 3.23. The zero-order chi connectivity index (χ0) is 18.1. The molecule has 0 aromatic carbocycles. The lowest BCUT2D eigenvalue weighted by molar-refractivity contribution is -0.142. The Balaban J connectivity index is 1.74. The first-order valence-electron chi connectivity index (χ1n) is 7.46. The van der Waals surface area contributed by atoms with Gasteiger partial charge in [-0.05, 0) is 25.1 Å². The molecule has 8 nitrogen and oxygen atoms in total. The second-order valence-corrected chi connectivity index (χ2v) is 5.60. The van der Waals surface area contributed by atoms with Crippen molar-refractivity contribution < 1.29 is 23.5 Å². The Labute approximate surface area is 147 Å². The molecule has 0 aliphatic rings. The number of hydrogen-bond acceptors (Lipinski definition) is 7. The van der Waals surface area contributed by atoms with Gasteiger partial charge in [-0.2, -0.15) is 0 Å². The number of esters is 1. The van der Waals surface area contributed by atoms with E-state index in [2.05, 4.69) is 15.6 Å². The molecular weight excluding hydrogens is 346 g/mol. The molecule has 2 aromatic rings. The molecule has 0 radical (unpaired) electrons. The van der Waals surface area contributed by atoms with E-state index in [4.69, 9.17) is 9.15 Å². The van der Waals surface area contributed by atoms with Crippen molar-refractivity contribution in [3.63, 3.8) is 0 Å². The van der Waals surface area contributed by atoms with Crippen LogP contribution >= 0.6 is 11.3 Å². The van der Waals surface area contributed by atoms with E-state index in [-0.39, 0.29) is 18.9 Å². The van der Waals surface area contributed by atoms with Crippen LogP contribution in [0, 0.1) is 0 Å². The molecule has 2 amide bonds. The van der Waals surface area contributed by atoms with Gasteiger partial charge in [0.15, 0.2) is 5.13 Å². The van der Waals surface area contributed by atoms with Crippen molar-refractivity contribution in [1.82, 2.24) is 10.3 Å². The van der Waals surface area contributed by atoms with Crippen LogP contribution in [0.15, 0.2) is 34.3 Å². The summed E-state index contributed by atoms with van der Waals surface area (Å²) in [5.41, 5.74) is 0.518.